The van der Waals surface area contributed by atoms with Crippen molar-refractivity contribution in [1.82, 2.24) is 0 Å². The van der Waals surface area contributed by atoms with Crippen LogP contribution in [0.5, 0.6) is 0 Å². The fourth-order valence-electron chi connectivity index (χ4n) is 2.31. The van der Waals surface area contributed by atoms with Crippen molar-refractivity contribution in [2.24, 2.45) is 5.92 Å². The lowest BCUT2D eigenvalue weighted by Gasteiger charge is -2.16. The Morgan fingerprint density at radius 3 is 1.81 bits per heavy atom. The summed E-state index contributed by atoms with van der Waals surface area (Å²) >= 11 is 3.53. The molecule has 0 spiro atoms. The van der Waals surface area contributed by atoms with Gasteiger partial charge in [-0.05, 0) is 12.3 Å². The second-order valence-corrected chi connectivity index (χ2v) is 5.84. The Kier molecular flexibility index (Phi) is 14.0. The van der Waals surface area contributed by atoms with E-state index in [1.54, 1.807) is 0 Å². The van der Waals surface area contributed by atoms with Gasteiger partial charge in [0.1, 0.15) is 0 Å². The lowest BCUT2D eigenvalue weighted by Crippen LogP contribution is -2.01. The van der Waals surface area contributed by atoms with Crippen LogP contribution < -0.4 is 0 Å². The molecule has 0 aromatic heterocycles. The number of rotatable bonds is 12. The normalized spacial score (nSPS) is 12.9. The number of hydrogen-bond donors (Lipinski definition) is 0. The van der Waals surface area contributed by atoms with Gasteiger partial charge in [0.15, 0.2) is 0 Å². The van der Waals surface area contributed by atoms with Crippen LogP contribution in [0.1, 0.15) is 84.5 Å². The van der Waals surface area contributed by atoms with E-state index in [1.165, 1.54) is 76.0 Å². The molecule has 0 aliphatic carbocycles. The molecule has 16 heavy (non-hydrogen) atoms. The Labute approximate surface area is 112 Å². The van der Waals surface area contributed by atoms with E-state index in [1.807, 2.05) is 0 Å². The van der Waals surface area contributed by atoms with Gasteiger partial charge in [-0.15, -0.1) is 0 Å². The van der Waals surface area contributed by atoms with Crippen LogP contribution in [0.25, 0.3) is 0 Å². The fraction of sp³-hybridized carbons (Fsp3) is 1.00. The molecule has 0 N–H and O–H groups in total. The van der Waals surface area contributed by atoms with Crippen LogP contribution in [-0.4, -0.2) is 5.33 Å². The minimum absolute atomic E-state index is 1.02. The summed E-state index contributed by atoms with van der Waals surface area (Å²) in [4.78, 5) is 0. The van der Waals surface area contributed by atoms with Gasteiger partial charge in [-0.2, -0.15) is 0 Å². The van der Waals surface area contributed by atoms with E-state index in [-0.39, 0.29) is 0 Å². The van der Waals surface area contributed by atoms with Crippen LogP contribution in [0, 0.1) is 5.92 Å². The summed E-state index contributed by atoms with van der Waals surface area (Å²) < 4.78 is 0. The van der Waals surface area contributed by atoms with Crippen molar-refractivity contribution in [1.29, 1.82) is 0 Å². The van der Waals surface area contributed by atoms with Crippen LogP contribution in [0.2, 0.25) is 0 Å². The lowest BCUT2D eigenvalue weighted by atomic mass is 9.91. The molecule has 0 rings (SSSR count). The predicted molar refractivity (Wildman–Crippen MR) is 79.4 cm³/mol. The van der Waals surface area contributed by atoms with Crippen molar-refractivity contribution in [2.45, 2.75) is 84.5 Å². The van der Waals surface area contributed by atoms with Crippen molar-refractivity contribution >= 4 is 15.9 Å². The van der Waals surface area contributed by atoms with Crippen LogP contribution in [0.4, 0.5) is 0 Å². The molecule has 1 atom stereocenters. The smallest absolute Gasteiger partial charge is 0.00313 e. The standard InChI is InChI=1S/C15H31Br/c1-3-5-7-8-12-15(11-6-4-2)13-9-10-14-16/h15H,3-14H2,1-2H3. The molecule has 0 aliphatic rings. The van der Waals surface area contributed by atoms with E-state index >= 15 is 0 Å². The maximum atomic E-state index is 3.53. The zero-order chi connectivity index (χ0) is 12.1. The van der Waals surface area contributed by atoms with Crippen molar-refractivity contribution in [3.63, 3.8) is 0 Å². The van der Waals surface area contributed by atoms with Crippen LogP contribution in [0.3, 0.4) is 0 Å². The third-order valence-electron chi connectivity index (χ3n) is 3.43. The molecule has 0 fully saturated rings. The van der Waals surface area contributed by atoms with Crippen LogP contribution >= 0.6 is 15.9 Å². The molecule has 1 heteroatoms. The number of halogens is 1. The summed E-state index contributed by atoms with van der Waals surface area (Å²) in [5.74, 6) is 1.02. The SMILES string of the molecule is CCCCCCC(CCCC)CCCCBr. The minimum atomic E-state index is 1.02. The van der Waals surface area contributed by atoms with Gasteiger partial charge in [-0.1, -0.05) is 94.0 Å². The summed E-state index contributed by atoms with van der Waals surface area (Å²) in [5.41, 5.74) is 0. The first-order valence-electron chi connectivity index (χ1n) is 7.41. The van der Waals surface area contributed by atoms with Crippen LogP contribution in [0.15, 0.2) is 0 Å². The Morgan fingerprint density at radius 1 is 0.688 bits per heavy atom. The van der Waals surface area contributed by atoms with E-state index in [0.717, 1.165) is 5.92 Å². The molecule has 1 unspecified atom stereocenters. The molecule has 0 saturated carbocycles. The summed E-state index contributed by atoms with van der Waals surface area (Å²) in [7, 11) is 0. The fourth-order valence-corrected chi connectivity index (χ4v) is 2.71. The predicted octanol–water partition coefficient (Wildman–Crippen LogP) is 6.33. The first-order valence-corrected chi connectivity index (χ1v) is 8.53. The lowest BCUT2D eigenvalue weighted by molar-refractivity contribution is 0.378. The first kappa shape index (κ1) is 16.5. The Morgan fingerprint density at radius 2 is 1.25 bits per heavy atom. The molecule has 0 amide bonds. The van der Waals surface area contributed by atoms with E-state index in [9.17, 15) is 0 Å². The molecule has 0 aromatic rings. The second-order valence-electron chi connectivity index (χ2n) is 5.04. The quantitative estimate of drug-likeness (QED) is 0.291. The topological polar surface area (TPSA) is 0 Å². The van der Waals surface area contributed by atoms with Gasteiger partial charge in [0.05, 0.1) is 0 Å². The van der Waals surface area contributed by atoms with Gasteiger partial charge < -0.3 is 0 Å². The zero-order valence-corrected chi connectivity index (χ0v) is 13.0. The summed E-state index contributed by atoms with van der Waals surface area (Å²) in [5, 5.41) is 1.18. The van der Waals surface area contributed by atoms with E-state index in [2.05, 4.69) is 29.8 Å². The summed E-state index contributed by atoms with van der Waals surface area (Å²) in [6.45, 7) is 4.61. The average Bonchev–Trinajstić information content (AvgIpc) is 2.31. The maximum absolute atomic E-state index is 3.53. The van der Waals surface area contributed by atoms with E-state index in [0.29, 0.717) is 0 Å². The largest absolute Gasteiger partial charge is 0.0928 e. The number of hydrogen-bond acceptors (Lipinski definition) is 0. The molecule has 0 radical (unpaired) electrons. The Hall–Kier alpha value is 0.480. The van der Waals surface area contributed by atoms with Gasteiger partial charge in [-0.25, -0.2) is 0 Å². The second kappa shape index (κ2) is 13.5. The molecule has 0 bridgehead atoms. The summed E-state index contributed by atoms with van der Waals surface area (Å²) in [6.07, 6.45) is 15.7. The molecule has 0 aliphatic heterocycles. The number of unbranched alkanes of at least 4 members (excludes halogenated alkanes) is 5. The number of alkyl halides is 1. The molecule has 0 aromatic carbocycles. The van der Waals surface area contributed by atoms with Crippen molar-refractivity contribution < 1.29 is 0 Å². The third-order valence-corrected chi connectivity index (χ3v) is 3.99. The van der Waals surface area contributed by atoms with Crippen molar-refractivity contribution in [3.05, 3.63) is 0 Å². The zero-order valence-electron chi connectivity index (χ0n) is 11.4. The molecular weight excluding hydrogens is 260 g/mol. The van der Waals surface area contributed by atoms with E-state index < -0.39 is 0 Å². The van der Waals surface area contributed by atoms with Gasteiger partial charge in [-0.3, -0.25) is 0 Å². The van der Waals surface area contributed by atoms with Gasteiger partial charge in [0, 0.05) is 5.33 Å². The molecular formula is C15H31Br. The van der Waals surface area contributed by atoms with Crippen molar-refractivity contribution in [3.8, 4) is 0 Å². The van der Waals surface area contributed by atoms with E-state index in [4.69, 9.17) is 0 Å². The highest BCUT2D eigenvalue weighted by Gasteiger charge is 2.07. The van der Waals surface area contributed by atoms with Crippen molar-refractivity contribution in [2.75, 3.05) is 5.33 Å². The molecule has 0 saturated heterocycles. The highest BCUT2D eigenvalue weighted by Crippen LogP contribution is 2.22. The molecule has 98 valence electrons. The summed E-state index contributed by atoms with van der Waals surface area (Å²) in [6, 6.07) is 0. The van der Waals surface area contributed by atoms with Gasteiger partial charge in [0.25, 0.3) is 0 Å². The highest BCUT2D eigenvalue weighted by atomic mass is 79.9. The maximum Gasteiger partial charge on any atom is 0.00313 e. The van der Waals surface area contributed by atoms with Gasteiger partial charge >= 0.3 is 0 Å². The minimum Gasteiger partial charge on any atom is -0.0928 e. The first-order chi connectivity index (χ1) is 7.85. The highest BCUT2D eigenvalue weighted by molar-refractivity contribution is 9.09. The average molecular weight is 291 g/mol. The monoisotopic (exact) mass is 290 g/mol. The molecule has 0 heterocycles. The third kappa shape index (κ3) is 11.0. The van der Waals surface area contributed by atoms with Gasteiger partial charge in [0.2, 0.25) is 0 Å². The Bertz CT molecular complexity index is 123. The van der Waals surface area contributed by atoms with Crippen LogP contribution in [-0.2, 0) is 0 Å². The Balaban J connectivity index is 3.54. The molecule has 0 nitrogen and oxygen atoms in total.